The van der Waals surface area contributed by atoms with Crippen LogP contribution in [0.15, 0.2) is 0 Å². The average Bonchev–Trinajstić information content (AvgIpc) is 2.62. The molecular formula is C14H26N2O2. The molecule has 1 amide bonds. The minimum atomic E-state index is 0.0604. The van der Waals surface area contributed by atoms with E-state index in [2.05, 4.69) is 12.2 Å². The second-order valence-corrected chi connectivity index (χ2v) is 5.79. The first-order valence-electron chi connectivity index (χ1n) is 7.37. The summed E-state index contributed by atoms with van der Waals surface area (Å²) in [5.74, 6) is 0.442. The Kier molecular flexibility index (Phi) is 5.01. The van der Waals surface area contributed by atoms with Crippen molar-refractivity contribution in [3.8, 4) is 0 Å². The van der Waals surface area contributed by atoms with E-state index in [9.17, 15) is 9.90 Å². The monoisotopic (exact) mass is 254 g/mol. The van der Waals surface area contributed by atoms with Crippen LogP contribution in [0.5, 0.6) is 0 Å². The molecule has 4 heteroatoms. The van der Waals surface area contributed by atoms with Gasteiger partial charge in [0, 0.05) is 18.5 Å². The number of carbonyl (C=O) groups is 1. The third-order valence-electron chi connectivity index (χ3n) is 4.34. The number of nitrogens with zero attached hydrogens (tertiary/aromatic N) is 1. The van der Waals surface area contributed by atoms with Crippen LogP contribution in [0.2, 0.25) is 0 Å². The van der Waals surface area contributed by atoms with Gasteiger partial charge in [-0.15, -0.1) is 0 Å². The lowest BCUT2D eigenvalue weighted by atomic mass is 9.91. The number of likely N-dealkylation sites (tertiary alicyclic amines) is 1. The predicted octanol–water partition coefficient (Wildman–Crippen LogP) is 1.14. The van der Waals surface area contributed by atoms with Gasteiger partial charge in [0.25, 0.3) is 0 Å². The van der Waals surface area contributed by atoms with Crippen molar-refractivity contribution in [1.29, 1.82) is 0 Å². The zero-order valence-electron chi connectivity index (χ0n) is 11.4. The minimum absolute atomic E-state index is 0.0604. The fraction of sp³-hybridized carbons (Fsp3) is 0.929. The largest absolute Gasteiger partial charge is 0.394 e. The van der Waals surface area contributed by atoms with Gasteiger partial charge in [-0.25, -0.2) is 0 Å². The fourth-order valence-corrected chi connectivity index (χ4v) is 3.25. The molecule has 0 aromatic carbocycles. The maximum absolute atomic E-state index is 12.6. The van der Waals surface area contributed by atoms with E-state index in [-0.39, 0.29) is 24.5 Å². The second kappa shape index (κ2) is 6.53. The normalized spacial score (nSPS) is 34.1. The molecule has 0 spiro atoms. The van der Waals surface area contributed by atoms with E-state index < -0.39 is 0 Å². The molecule has 0 saturated carbocycles. The topological polar surface area (TPSA) is 52.6 Å². The predicted molar refractivity (Wildman–Crippen MR) is 71.2 cm³/mol. The molecule has 2 aliphatic rings. The molecule has 2 heterocycles. The van der Waals surface area contributed by atoms with Gasteiger partial charge in [-0.2, -0.15) is 0 Å². The van der Waals surface area contributed by atoms with Gasteiger partial charge in [0.2, 0.25) is 5.91 Å². The van der Waals surface area contributed by atoms with Gasteiger partial charge in [0.15, 0.2) is 0 Å². The van der Waals surface area contributed by atoms with Crippen LogP contribution in [-0.4, -0.2) is 47.7 Å². The SMILES string of the molecule is CC1CC(C(=O)N2CCCCCC2CO)CCN1. The molecule has 104 valence electrons. The molecule has 0 radical (unpaired) electrons. The van der Waals surface area contributed by atoms with Crippen LogP contribution in [0.1, 0.15) is 45.4 Å². The van der Waals surface area contributed by atoms with Crippen molar-refractivity contribution in [2.24, 2.45) is 5.92 Å². The lowest BCUT2D eigenvalue weighted by Gasteiger charge is -2.35. The van der Waals surface area contributed by atoms with Crippen molar-refractivity contribution in [2.75, 3.05) is 19.7 Å². The van der Waals surface area contributed by atoms with Gasteiger partial charge in [0.05, 0.1) is 12.6 Å². The first kappa shape index (κ1) is 13.8. The summed E-state index contributed by atoms with van der Waals surface area (Å²) in [7, 11) is 0. The summed E-state index contributed by atoms with van der Waals surface area (Å²) in [6.07, 6.45) is 6.25. The summed E-state index contributed by atoms with van der Waals surface area (Å²) in [6.45, 7) is 4.04. The smallest absolute Gasteiger partial charge is 0.226 e. The molecule has 3 unspecified atom stereocenters. The van der Waals surface area contributed by atoms with Crippen LogP contribution in [0, 0.1) is 5.92 Å². The lowest BCUT2D eigenvalue weighted by molar-refractivity contribution is -0.140. The Labute approximate surface area is 110 Å². The molecule has 0 bridgehead atoms. The van der Waals surface area contributed by atoms with E-state index in [0.29, 0.717) is 6.04 Å². The Hall–Kier alpha value is -0.610. The summed E-state index contributed by atoms with van der Waals surface area (Å²) >= 11 is 0. The van der Waals surface area contributed by atoms with Gasteiger partial charge in [-0.05, 0) is 39.2 Å². The highest BCUT2D eigenvalue weighted by Gasteiger charge is 2.32. The van der Waals surface area contributed by atoms with Crippen molar-refractivity contribution >= 4 is 5.91 Å². The summed E-state index contributed by atoms with van der Waals surface area (Å²) in [4.78, 5) is 14.6. The van der Waals surface area contributed by atoms with E-state index in [4.69, 9.17) is 0 Å². The Morgan fingerprint density at radius 3 is 2.89 bits per heavy atom. The van der Waals surface area contributed by atoms with Crippen LogP contribution in [0.3, 0.4) is 0 Å². The molecule has 2 rings (SSSR count). The maximum atomic E-state index is 12.6. The zero-order valence-corrected chi connectivity index (χ0v) is 11.4. The van der Waals surface area contributed by atoms with Crippen LogP contribution in [0.4, 0.5) is 0 Å². The highest BCUT2D eigenvalue weighted by molar-refractivity contribution is 5.79. The van der Waals surface area contributed by atoms with Crippen LogP contribution in [-0.2, 0) is 4.79 Å². The standard InChI is InChI=1S/C14H26N2O2/c1-11-9-12(6-7-15-11)14(18)16-8-4-2-3-5-13(16)10-17/h11-13,15,17H,2-10H2,1H3. The average molecular weight is 254 g/mol. The van der Waals surface area contributed by atoms with Gasteiger partial charge in [0.1, 0.15) is 0 Å². The minimum Gasteiger partial charge on any atom is -0.394 e. The van der Waals surface area contributed by atoms with Crippen molar-refractivity contribution in [2.45, 2.75) is 57.5 Å². The Morgan fingerprint density at radius 1 is 1.33 bits per heavy atom. The van der Waals surface area contributed by atoms with Crippen molar-refractivity contribution in [3.63, 3.8) is 0 Å². The number of hydrogen-bond acceptors (Lipinski definition) is 3. The highest BCUT2D eigenvalue weighted by atomic mass is 16.3. The third kappa shape index (κ3) is 3.23. The highest BCUT2D eigenvalue weighted by Crippen LogP contribution is 2.23. The Bertz CT molecular complexity index is 283. The lowest BCUT2D eigenvalue weighted by Crippen LogP contribution is -2.48. The maximum Gasteiger partial charge on any atom is 0.226 e. The number of piperidine rings is 1. The van der Waals surface area contributed by atoms with E-state index >= 15 is 0 Å². The summed E-state index contributed by atoms with van der Waals surface area (Å²) in [5.41, 5.74) is 0. The molecule has 2 fully saturated rings. The van der Waals surface area contributed by atoms with Crippen LogP contribution >= 0.6 is 0 Å². The number of amides is 1. The van der Waals surface area contributed by atoms with Crippen molar-refractivity contribution in [3.05, 3.63) is 0 Å². The summed E-state index contributed by atoms with van der Waals surface area (Å²) in [6, 6.07) is 0.498. The molecule has 4 nitrogen and oxygen atoms in total. The summed E-state index contributed by atoms with van der Waals surface area (Å²) < 4.78 is 0. The van der Waals surface area contributed by atoms with Crippen LogP contribution in [0.25, 0.3) is 0 Å². The number of nitrogens with one attached hydrogen (secondary N) is 1. The Balaban J connectivity index is 2.00. The molecule has 0 aromatic rings. The van der Waals surface area contributed by atoms with Crippen molar-refractivity contribution in [1.82, 2.24) is 10.2 Å². The van der Waals surface area contributed by atoms with E-state index in [1.807, 2.05) is 4.90 Å². The second-order valence-electron chi connectivity index (χ2n) is 5.79. The number of aliphatic hydroxyl groups is 1. The van der Waals surface area contributed by atoms with Crippen LogP contribution < -0.4 is 5.32 Å². The first-order valence-corrected chi connectivity index (χ1v) is 7.37. The van der Waals surface area contributed by atoms with Gasteiger partial charge >= 0.3 is 0 Å². The Morgan fingerprint density at radius 2 is 2.17 bits per heavy atom. The van der Waals surface area contributed by atoms with Gasteiger partial charge in [-0.3, -0.25) is 4.79 Å². The molecule has 2 N–H and O–H groups in total. The number of hydrogen-bond donors (Lipinski definition) is 2. The van der Waals surface area contributed by atoms with Crippen molar-refractivity contribution < 1.29 is 9.90 Å². The third-order valence-corrected chi connectivity index (χ3v) is 4.34. The summed E-state index contributed by atoms with van der Waals surface area (Å²) in [5, 5.41) is 12.9. The number of rotatable bonds is 2. The molecule has 0 aromatic heterocycles. The van der Waals surface area contributed by atoms with Gasteiger partial charge < -0.3 is 15.3 Å². The fourth-order valence-electron chi connectivity index (χ4n) is 3.25. The molecule has 2 saturated heterocycles. The molecule has 18 heavy (non-hydrogen) atoms. The van der Waals surface area contributed by atoms with E-state index in [1.165, 1.54) is 6.42 Å². The van der Waals surface area contributed by atoms with E-state index in [1.54, 1.807) is 0 Å². The first-order chi connectivity index (χ1) is 8.72. The number of aliphatic hydroxyl groups excluding tert-OH is 1. The molecule has 2 aliphatic heterocycles. The molecule has 0 aliphatic carbocycles. The zero-order chi connectivity index (χ0) is 13.0. The quantitative estimate of drug-likeness (QED) is 0.777. The molecule has 3 atom stereocenters. The van der Waals surface area contributed by atoms with E-state index in [0.717, 1.165) is 45.2 Å². The molecular weight excluding hydrogens is 228 g/mol. The number of carbonyl (C=O) groups excluding carboxylic acids is 1. The van der Waals surface area contributed by atoms with Gasteiger partial charge in [-0.1, -0.05) is 12.8 Å².